The maximum Gasteiger partial charge on any atom is 0.254 e. The number of hydrogen-bond acceptors (Lipinski definition) is 4. The Morgan fingerprint density at radius 1 is 1.68 bits per heavy atom. The molecule has 6 heteroatoms. The largest absolute Gasteiger partial charge is 0.397 e. The molecule has 1 aromatic heterocycles. The van der Waals surface area contributed by atoms with Crippen molar-refractivity contribution in [3.8, 4) is 0 Å². The number of hydrogen-bond donors (Lipinski definition) is 2. The predicted molar refractivity (Wildman–Crippen MR) is 74.1 cm³/mol. The summed E-state index contributed by atoms with van der Waals surface area (Å²) in [7, 11) is 0. The Kier molecular flexibility index (Phi) is 4.61. The van der Waals surface area contributed by atoms with Crippen molar-refractivity contribution in [3.05, 3.63) is 23.0 Å². The highest BCUT2D eigenvalue weighted by molar-refractivity contribution is 6.32. The van der Waals surface area contributed by atoms with Gasteiger partial charge in [-0.05, 0) is 18.9 Å². The van der Waals surface area contributed by atoms with Crippen molar-refractivity contribution in [2.75, 3.05) is 18.9 Å². The van der Waals surface area contributed by atoms with Gasteiger partial charge in [0.15, 0.2) is 0 Å². The maximum atomic E-state index is 12.0. The molecule has 1 amide bonds. The molecule has 104 valence electrons. The van der Waals surface area contributed by atoms with Gasteiger partial charge in [-0.25, -0.2) is 4.98 Å². The Bertz CT molecular complexity index is 467. The molecule has 1 fully saturated rings. The molecule has 1 aliphatic heterocycles. The fourth-order valence-corrected chi connectivity index (χ4v) is 2.51. The van der Waals surface area contributed by atoms with E-state index in [0.29, 0.717) is 23.7 Å². The SMILES string of the molecule is CCC1OCCC1CNC(=O)c1cc(N)cnc1Cl. The smallest absolute Gasteiger partial charge is 0.254 e. The molecule has 5 nitrogen and oxygen atoms in total. The van der Waals surface area contributed by atoms with Gasteiger partial charge in [0.2, 0.25) is 0 Å². The monoisotopic (exact) mass is 283 g/mol. The predicted octanol–water partition coefficient (Wildman–Crippen LogP) is 1.86. The Morgan fingerprint density at radius 2 is 2.47 bits per heavy atom. The molecular weight excluding hydrogens is 266 g/mol. The van der Waals surface area contributed by atoms with Gasteiger partial charge in [-0.3, -0.25) is 4.79 Å². The summed E-state index contributed by atoms with van der Waals surface area (Å²) in [6.45, 7) is 3.44. The van der Waals surface area contributed by atoms with Gasteiger partial charge in [-0.15, -0.1) is 0 Å². The number of nitrogens with two attached hydrogens (primary N) is 1. The molecule has 2 atom stereocenters. The van der Waals surface area contributed by atoms with Crippen LogP contribution in [0.4, 0.5) is 5.69 Å². The minimum atomic E-state index is -0.244. The van der Waals surface area contributed by atoms with E-state index < -0.39 is 0 Å². The molecule has 2 unspecified atom stereocenters. The van der Waals surface area contributed by atoms with Crippen LogP contribution in [0.5, 0.6) is 0 Å². The van der Waals surface area contributed by atoms with Crippen molar-refractivity contribution in [2.24, 2.45) is 5.92 Å². The summed E-state index contributed by atoms with van der Waals surface area (Å²) >= 11 is 5.89. The molecule has 0 saturated carbocycles. The molecule has 0 radical (unpaired) electrons. The van der Waals surface area contributed by atoms with Crippen LogP contribution in [0.1, 0.15) is 30.1 Å². The summed E-state index contributed by atoms with van der Waals surface area (Å²) in [5, 5.41) is 3.04. The van der Waals surface area contributed by atoms with Gasteiger partial charge in [0.1, 0.15) is 5.15 Å². The van der Waals surface area contributed by atoms with E-state index in [1.54, 1.807) is 0 Å². The number of rotatable bonds is 4. The average Bonchev–Trinajstić information content (AvgIpc) is 2.86. The standard InChI is InChI=1S/C13H18ClN3O2/c1-2-11-8(3-4-19-11)6-17-13(18)10-5-9(15)7-16-12(10)14/h5,7-8,11H,2-4,6,15H2,1H3,(H,17,18). The zero-order valence-corrected chi connectivity index (χ0v) is 11.6. The quantitative estimate of drug-likeness (QED) is 0.827. The third-order valence-electron chi connectivity index (χ3n) is 3.38. The van der Waals surface area contributed by atoms with E-state index in [1.807, 2.05) is 0 Å². The second-order valence-corrected chi connectivity index (χ2v) is 5.04. The summed E-state index contributed by atoms with van der Waals surface area (Å²) < 4.78 is 5.59. The topological polar surface area (TPSA) is 77.2 Å². The van der Waals surface area contributed by atoms with Gasteiger partial charge in [-0.2, -0.15) is 0 Å². The zero-order valence-electron chi connectivity index (χ0n) is 10.9. The molecule has 2 heterocycles. The minimum Gasteiger partial charge on any atom is -0.397 e. The van der Waals surface area contributed by atoms with Gasteiger partial charge in [0.25, 0.3) is 5.91 Å². The number of aromatic nitrogens is 1. The number of carbonyl (C=O) groups excluding carboxylic acids is 1. The Hall–Kier alpha value is -1.33. The first-order valence-corrected chi connectivity index (χ1v) is 6.80. The molecule has 0 spiro atoms. The lowest BCUT2D eigenvalue weighted by Crippen LogP contribution is -2.33. The van der Waals surface area contributed by atoms with Crippen molar-refractivity contribution in [1.82, 2.24) is 10.3 Å². The summed E-state index contributed by atoms with van der Waals surface area (Å²) in [6, 6.07) is 1.53. The molecule has 1 aromatic rings. The van der Waals surface area contributed by atoms with Crippen LogP contribution in [0, 0.1) is 5.92 Å². The fraction of sp³-hybridized carbons (Fsp3) is 0.538. The van der Waals surface area contributed by atoms with Crippen LogP contribution >= 0.6 is 11.6 Å². The second-order valence-electron chi connectivity index (χ2n) is 4.68. The normalized spacial score (nSPS) is 22.4. The summed E-state index contributed by atoms with van der Waals surface area (Å²) in [4.78, 5) is 15.9. The zero-order chi connectivity index (χ0) is 13.8. The van der Waals surface area contributed by atoms with Crippen LogP contribution in [0.25, 0.3) is 0 Å². The van der Waals surface area contributed by atoms with Gasteiger partial charge in [0, 0.05) is 19.1 Å². The number of nitrogens with one attached hydrogen (secondary N) is 1. The number of nitrogens with zero attached hydrogens (tertiary/aromatic N) is 1. The fourth-order valence-electron chi connectivity index (χ4n) is 2.32. The van der Waals surface area contributed by atoms with Crippen LogP contribution in [0.3, 0.4) is 0 Å². The van der Waals surface area contributed by atoms with Crippen molar-refractivity contribution in [3.63, 3.8) is 0 Å². The highest BCUT2D eigenvalue weighted by atomic mass is 35.5. The number of carbonyl (C=O) groups is 1. The minimum absolute atomic E-state index is 0.168. The van der Waals surface area contributed by atoms with Crippen LogP contribution in [-0.2, 0) is 4.74 Å². The average molecular weight is 284 g/mol. The van der Waals surface area contributed by atoms with Crippen molar-refractivity contribution >= 4 is 23.2 Å². The molecule has 3 N–H and O–H groups in total. The molecule has 0 aliphatic carbocycles. The first kappa shape index (κ1) is 14.1. The van der Waals surface area contributed by atoms with E-state index in [1.165, 1.54) is 12.3 Å². The lowest BCUT2D eigenvalue weighted by atomic mass is 9.99. The van der Waals surface area contributed by atoms with E-state index in [-0.39, 0.29) is 17.2 Å². The summed E-state index contributed by atoms with van der Waals surface area (Å²) in [5.74, 6) is 0.119. The number of anilines is 1. The van der Waals surface area contributed by atoms with E-state index in [2.05, 4.69) is 17.2 Å². The van der Waals surface area contributed by atoms with E-state index in [4.69, 9.17) is 22.1 Å². The van der Waals surface area contributed by atoms with Crippen molar-refractivity contribution in [1.29, 1.82) is 0 Å². The van der Waals surface area contributed by atoms with Gasteiger partial charge >= 0.3 is 0 Å². The molecule has 1 saturated heterocycles. The maximum absolute atomic E-state index is 12.0. The Morgan fingerprint density at radius 3 is 3.21 bits per heavy atom. The lowest BCUT2D eigenvalue weighted by molar-refractivity contribution is 0.0827. The number of nitrogen functional groups attached to an aromatic ring is 1. The van der Waals surface area contributed by atoms with Crippen molar-refractivity contribution in [2.45, 2.75) is 25.9 Å². The van der Waals surface area contributed by atoms with E-state index in [0.717, 1.165) is 19.4 Å². The number of ether oxygens (including phenoxy) is 1. The van der Waals surface area contributed by atoms with Gasteiger partial charge < -0.3 is 15.8 Å². The van der Waals surface area contributed by atoms with Crippen LogP contribution < -0.4 is 11.1 Å². The Labute approximate surface area is 117 Å². The van der Waals surface area contributed by atoms with Crippen LogP contribution in [0.2, 0.25) is 5.15 Å². The third-order valence-corrected chi connectivity index (χ3v) is 3.68. The summed E-state index contributed by atoms with van der Waals surface area (Å²) in [6.07, 6.45) is 3.59. The second kappa shape index (κ2) is 6.21. The lowest BCUT2D eigenvalue weighted by Gasteiger charge is -2.17. The number of halogens is 1. The van der Waals surface area contributed by atoms with Crippen LogP contribution in [-0.4, -0.2) is 30.1 Å². The molecule has 0 bridgehead atoms. The molecule has 2 rings (SSSR count). The number of pyridine rings is 1. The van der Waals surface area contributed by atoms with E-state index >= 15 is 0 Å². The van der Waals surface area contributed by atoms with Gasteiger partial charge in [0.05, 0.1) is 23.6 Å². The molecule has 19 heavy (non-hydrogen) atoms. The first-order valence-electron chi connectivity index (χ1n) is 6.42. The highest BCUT2D eigenvalue weighted by Crippen LogP contribution is 2.23. The third kappa shape index (κ3) is 3.36. The van der Waals surface area contributed by atoms with Gasteiger partial charge in [-0.1, -0.05) is 18.5 Å². The van der Waals surface area contributed by atoms with Crippen molar-refractivity contribution < 1.29 is 9.53 Å². The summed E-state index contributed by atoms with van der Waals surface area (Å²) in [5.41, 5.74) is 6.34. The molecule has 1 aliphatic rings. The number of amides is 1. The van der Waals surface area contributed by atoms with E-state index in [9.17, 15) is 4.79 Å². The highest BCUT2D eigenvalue weighted by Gasteiger charge is 2.27. The molecular formula is C13H18ClN3O2. The van der Waals surface area contributed by atoms with Crippen LogP contribution in [0.15, 0.2) is 12.3 Å². The first-order chi connectivity index (χ1) is 9.11. The molecule has 0 aromatic carbocycles. The Balaban J connectivity index is 1.96.